The Hall–Kier alpha value is -1.62. The summed E-state index contributed by atoms with van der Waals surface area (Å²) in [6.07, 6.45) is 4.15. The highest BCUT2D eigenvalue weighted by molar-refractivity contribution is 5.94. The lowest BCUT2D eigenvalue weighted by Crippen LogP contribution is -2.40. The number of amides is 1. The molecule has 0 radical (unpaired) electrons. The number of carbonyl (C=O) groups excluding carboxylic acids is 1. The van der Waals surface area contributed by atoms with Crippen molar-refractivity contribution in [2.24, 2.45) is 5.92 Å². The SMILES string of the molecule is CCCNc1cc(C(=O)N2CCC(C(C)O)CC2)ccn1. The number of hydrogen-bond acceptors (Lipinski definition) is 4. The standard InChI is InChI=1S/C16H25N3O2/c1-3-7-17-15-11-14(4-8-18-15)16(21)19-9-5-13(6-10-19)12(2)20/h4,8,11-13,20H,3,5-7,9-10H2,1-2H3,(H,17,18). The summed E-state index contributed by atoms with van der Waals surface area (Å²) in [4.78, 5) is 18.6. The number of nitrogens with zero attached hydrogens (tertiary/aromatic N) is 2. The van der Waals surface area contributed by atoms with E-state index >= 15 is 0 Å². The molecule has 1 atom stereocenters. The van der Waals surface area contributed by atoms with Crippen molar-refractivity contribution in [2.75, 3.05) is 25.0 Å². The van der Waals surface area contributed by atoms with Gasteiger partial charge < -0.3 is 15.3 Å². The minimum Gasteiger partial charge on any atom is -0.393 e. The van der Waals surface area contributed by atoms with Crippen LogP contribution >= 0.6 is 0 Å². The molecule has 1 aromatic heterocycles. The minimum absolute atomic E-state index is 0.0565. The second-order valence-corrected chi connectivity index (χ2v) is 5.73. The lowest BCUT2D eigenvalue weighted by molar-refractivity contribution is 0.0521. The highest BCUT2D eigenvalue weighted by atomic mass is 16.3. The summed E-state index contributed by atoms with van der Waals surface area (Å²) in [5, 5.41) is 12.8. The van der Waals surface area contributed by atoms with Crippen molar-refractivity contribution in [3.05, 3.63) is 23.9 Å². The van der Waals surface area contributed by atoms with E-state index in [4.69, 9.17) is 0 Å². The molecule has 1 amide bonds. The minimum atomic E-state index is -0.284. The molecule has 0 aliphatic carbocycles. The lowest BCUT2D eigenvalue weighted by atomic mass is 9.92. The van der Waals surface area contributed by atoms with Crippen LogP contribution in [0.25, 0.3) is 0 Å². The van der Waals surface area contributed by atoms with Gasteiger partial charge in [0.25, 0.3) is 5.91 Å². The number of likely N-dealkylation sites (tertiary alicyclic amines) is 1. The fourth-order valence-corrected chi connectivity index (χ4v) is 2.68. The Bertz CT molecular complexity index is 468. The quantitative estimate of drug-likeness (QED) is 0.872. The van der Waals surface area contributed by atoms with E-state index in [0.717, 1.165) is 31.6 Å². The van der Waals surface area contributed by atoms with Crippen LogP contribution in [-0.2, 0) is 0 Å². The fraction of sp³-hybridized carbons (Fsp3) is 0.625. The van der Waals surface area contributed by atoms with Crippen molar-refractivity contribution in [3.8, 4) is 0 Å². The van der Waals surface area contributed by atoms with Gasteiger partial charge in [-0.2, -0.15) is 0 Å². The van der Waals surface area contributed by atoms with Gasteiger partial charge in [0.2, 0.25) is 0 Å². The van der Waals surface area contributed by atoms with Crippen LogP contribution in [0.1, 0.15) is 43.5 Å². The first kappa shape index (κ1) is 15.8. The molecule has 1 fully saturated rings. The van der Waals surface area contributed by atoms with Crippen LogP contribution in [0.4, 0.5) is 5.82 Å². The second kappa shape index (κ2) is 7.41. The number of piperidine rings is 1. The van der Waals surface area contributed by atoms with Crippen molar-refractivity contribution >= 4 is 11.7 Å². The summed E-state index contributed by atoms with van der Waals surface area (Å²) in [6.45, 7) is 6.21. The molecule has 0 aromatic carbocycles. The zero-order chi connectivity index (χ0) is 15.2. The monoisotopic (exact) mass is 291 g/mol. The Kier molecular flexibility index (Phi) is 5.56. The maximum Gasteiger partial charge on any atom is 0.254 e. The van der Waals surface area contributed by atoms with Crippen molar-refractivity contribution in [1.82, 2.24) is 9.88 Å². The number of nitrogens with one attached hydrogen (secondary N) is 1. The Labute approximate surface area is 126 Å². The highest BCUT2D eigenvalue weighted by Crippen LogP contribution is 2.22. The van der Waals surface area contributed by atoms with Crippen LogP contribution in [-0.4, -0.2) is 46.6 Å². The van der Waals surface area contributed by atoms with Gasteiger partial charge in [-0.1, -0.05) is 6.92 Å². The largest absolute Gasteiger partial charge is 0.393 e. The van der Waals surface area contributed by atoms with Crippen molar-refractivity contribution in [3.63, 3.8) is 0 Å². The molecule has 2 N–H and O–H groups in total. The molecule has 0 saturated carbocycles. The van der Waals surface area contributed by atoms with Gasteiger partial charge in [-0.15, -0.1) is 0 Å². The first-order valence-electron chi connectivity index (χ1n) is 7.79. The zero-order valence-corrected chi connectivity index (χ0v) is 12.9. The number of carbonyl (C=O) groups is 1. The van der Waals surface area contributed by atoms with Crippen LogP contribution in [0, 0.1) is 5.92 Å². The maximum absolute atomic E-state index is 12.5. The third kappa shape index (κ3) is 4.17. The number of rotatable bonds is 5. The van der Waals surface area contributed by atoms with E-state index in [2.05, 4.69) is 17.2 Å². The normalized spacial score (nSPS) is 17.6. The average Bonchev–Trinajstić information content (AvgIpc) is 2.52. The summed E-state index contributed by atoms with van der Waals surface area (Å²) in [6, 6.07) is 3.58. The van der Waals surface area contributed by atoms with Gasteiger partial charge in [0.1, 0.15) is 5.82 Å². The van der Waals surface area contributed by atoms with E-state index < -0.39 is 0 Å². The van der Waals surface area contributed by atoms with Crippen LogP contribution in [0.3, 0.4) is 0 Å². The lowest BCUT2D eigenvalue weighted by Gasteiger charge is -2.33. The molecule has 0 bridgehead atoms. The zero-order valence-electron chi connectivity index (χ0n) is 12.9. The summed E-state index contributed by atoms with van der Waals surface area (Å²) >= 11 is 0. The maximum atomic E-state index is 12.5. The van der Waals surface area contributed by atoms with Gasteiger partial charge in [0.15, 0.2) is 0 Å². The molecule has 21 heavy (non-hydrogen) atoms. The molecule has 0 spiro atoms. The Morgan fingerprint density at radius 2 is 2.24 bits per heavy atom. The predicted octanol–water partition coefficient (Wildman–Crippen LogP) is 2.14. The van der Waals surface area contributed by atoms with Gasteiger partial charge in [-0.25, -0.2) is 4.98 Å². The third-order valence-electron chi connectivity index (χ3n) is 4.07. The fourth-order valence-electron chi connectivity index (χ4n) is 2.68. The molecule has 1 saturated heterocycles. The summed E-state index contributed by atoms with van der Waals surface area (Å²) < 4.78 is 0. The molecule has 2 rings (SSSR count). The molecule has 5 nitrogen and oxygen atoms in total. The van der Waals surface area contributed by atoms with E-state index in [1.54, 1.807) is 12.3 Å². The van der Waals surface area contributed by atoms with Crippen LogP contribution in [0.5, 0.6) is 0 Å². The van der Waals surface area contributed by atoms with Crippen LogP contribution in [0.15, 0.2) is 18.3 Å². The number of aromatic nitrogens is 1. The number of pyridine rings is 1. The van der Waals surface area contributed by atoms with Crippen molar-refractivity contribution in [2.45, 2.75) is 39.2 Å². The van der Waals surface area contributed by atoms with E-state index in [1.807, 2.05) is 17.9 Å². The molecule has 1 aliphatic rings. The average molecular weight is 291 g/mol. The van der Waals surface area contributed by atoms with E-state index in [-0.39, 0.29) is 12.0 Å². The number of aliphatic hydroxyl groups is 1. The van der Waals surface area contributed by atoms with Crippen LogP contribution < -0.4 is 5.32 Å². The summed E-state index contributed by atoms with van der Waals surface area (Å²) in [5.74, 6) is 1.12. The molecular weight excluding hydrogens is 266 g/mol. The van der Waals surface area contributed by atoms with Crippen LogP contribution in [0.2, 0.25) is 0 Å². The van der Waals surface area contributed by atoms with E-state index in [0.29, 0.717) is 24.6 Å². The van der Waals surface area contributed by atoms with Gasteiger partial charge in [0.05, 0.1) is 6.10 Å². The first-order valence-corrected chi connectivity index (χ1v) is 7.79. The molecule has 1 aliphatic heterocycles. The highest BCUT2D eigenvalue weighted by Gasteiger charge is 2.26. The van der Waals surface area contributed by atoms with Crippen molar-refractivity contribution < 1.29 is 9.90 Å². The number of hydrogen-bond donors (Lipinski definition) is 2. The van der Waals surface area contributed by atoms with Gasteiger partial charge in [-0.05, 0) is 44.2 Å². The molecule has 5 heteroatoms. The third-order valence-corrected chi connectivity index (χ3v) is 4.07. The Morgan fingerprint density at radius 3 is 2.86 bits per heavy atom. The molecular formula is C16H25N3O2. The Morgan fingerprint density at radius 1 is 1.52 bits per heavy atom. The summed E-state index contributed by atoms with van der Waals surface area (Å²) in [5.41, 5.74) is 0.680. The predicted molar refractivity (Wildman–Crippen MR) is 83.3 cm³/mol. The Balaban J connectivity index is 1.97. The van der Waals surface area contributed by atoms with E-state index in [1.165, 1.54) is 0 Å². The molecule has 1 aromatic rings. The molecule has 2 heterocycles. The first-order chi connectivity index (χ1) is 10.1. The van der Waals surface area contributed by atoms with Gasteiger partial charge >= 0.3 is 0 Å². The van der Waals surface area contributed by atoms with Gasteiger partial charge in [-0.3, -0.25) is 4.79 Å². The number of aliphatic hydroxyl groups excluding tert-OH is 1. The number of anilines is 1. The van der Waals surface area contributed by atoms with E-state index in [9.17, 15) is 9.90 Å². The topological polar surface area (TPSA) is 65.5 Å². The van der Waals surface area contributed by atoms with Crippen molar-refractivity contribution in [1.29, 1.82) is 0 Å². The second-order valence-electron chi connectivity index (χ2n) is 5.73. The molecule has 116 valence electrons. The molecule has 1 unspecified atom stereocenters. The summed E-state index contributed by atoms with van der Waals surface area (Å²) in [7, 11) is 0. The van der Waals surface area contributed by atoms with Gasteiger partial charge in [0, 0.05) is 31.4 Å². The smallest absolute Gasteiger partial charge is 0.254 e.